The fourth-order valence-corrected chi connectivity index (χ4v) is 3.26. The molecule has 142 valence electrons. The van der Waals surface area contributed by atoms with Crippen molar-refractivity contribution in [3.05, 3.63) is 27.5 Å². The summed E-state index contributed by atoms with van der Waals surface area (Å²) in [7, 11) is 0. The Labute approximate surface area is 158 Å². The number of hydrogen-bond donors (Lipinski definition) is 1. The van der Waals surface area contributed by atoms with E-state index < -0.39 is 11.2 Å². The van der Waals surface area contributed by atoms with Crippen molar-refractivity contribution in [1.29, 1.82) is 0 Å². The molecule has 0 aliphatic carbocycles. The number of carbonyl (C=O) groups is 1. The molecule has 0 spiro atoms. The number of fused-ring (bicyclic) bond motifs is 1. The number of imidazole rings is 1. The quantitative estimate of drug-likeness (QED) is 0.777. The molecule has 0 atom stereocenters. The molecule has 2 aromatic rings. The van der Waals surface area contributed by atoms with Gasteiger partial charge in [-0.15, -0.1) is 0 Å². The van der Waals surface area contributed by atoms with Crippen molar-refractivity contribution in [3.63, 3.8) is 0 Å². The molecule has 3 rings (SSSR count). The van der Waals surface area contributed by atoms with E-state index in [1.807, 2.05) is 20.8 Å². The van der Waals surface area contributed by atoms with Crippen molar-refractivity contribution in [2.75, 3.05) is 13.1 Å². The molecule has 1 saturated heterocycles. The van der Waals surface area contributed by atoms with Crippen molar-refractivity contribution in [3.8, 4) is 0 Å². The Hall–Kier alpha value is -1.94. The van der Waals surface area contributed by atoms with Gasteiger partial charge in [0.05, 0.1) is 18.3 Å². The largest absolute Gasteiger partial charge is 0.444 e. The van der Waals surface area contributed by atoms with Crippen molar-refractivity contribution >= 4 is 27.7 Å². The van der Waals surface area contributed by atoms with E-state index in [1.165, 1.54) is 21.6 Å². The Balaban J connectivity index is 1.69. The Morgan fingerprint density at radius 2 is 2.04 bits per heavy atom. The second-order valence-corrected chi connectivity index (χ2v) is 8.38. The topological polar surface area (TPSA) is 102 Å². The highest BCUT2D eigenvalue weighted by Gasteiger charge is 2.36. The van der Waals surface area contributed by atoms with Crippen molar-refractivity contribution < 1.29 is 14.6 Å². The third kappa shape index (κ3) is 3.90. The Morgan fingerprint density at radius 3 is 2.65 bits per heavy atom. The van der Waals surface area contributed by atoms with Gasteiger partial charge < -0.3 is 14.7 Å². The first-order valence-electron chi connectivity index (χ1n) is 8.37. The van der Waals surface area contributed by atoms with Crippen LogP contribution in [0.5, 0.6) is 0 Å². The summed E-state index contributed by atoms with van der Waals surface area (Å²) in [5.41, 5.74) is -1.79. The van der Waals surface area contributed by atoms with Crippen LogP contribution in [0, 0.1) is 0 Å². The molecule has 0 radical (unpaired) electrons. The normalized spacial score (nSPS) is 17.5. The fraction of sp³-hybridized carbons (Fsp3) is 0.625. The van der Waals surface area contributed by atoms with Crippen molar-refractivity contribution in [1.82, 2.24) is 24.1 Å². The lowest BCUT2D eigenvalue weighted by molar-refractivity contribution is -0.0420. The molecule has 26 heavy (non-hydrogen) atoms. The van der Waals surface area contributed by atoms with Gasteiger partial charge in [0, 0.05) is 13.1 Å². The van der Waals surface area contributed by atoms with Crippen LogP contribution in [0.4, 0.5) is 4.79 Å². The maximum Gasteiger partial charge on any atom is 0.410 e. The van der Waals surface area contributed by atoms with E-state index in [-0.39, 0.29) is 23.8 Å². The molecule has 1 aliphatic rings. The zero-order valence-electron chi connectivity index (χ0n) is 15.0. The first-order valence-corrected chi connectivity index (χ1v) is 9.16. The molecule has 2 aromatic heterocycles. The summed E-state index contributed by atoms with van der Waals surface area (Å²) in [4.78, 5) is 30.2. The monoisotopic (exact) mass is 427 g/mol. The number of piperidine rings is 1. The highest BCUT2D eigenvalue weighted by Crippen LogP contribution is 2.25. The van der Waals surface area contributed by atoms with Gasteiger partial charge in [0.15, 0.2) is 0 Å². The summed E-state index contributed by atoms with van der Waals surface area (Å²) in [6.07, 6.45) is 3.20. The second-order valence-electron chi connectivity index (χ2n) is 7.57. The number of halogens is 1. The molecule has 1 fully saturated rings. The van der Waals surface area contributed by atoms with Crippen LogP contribution in [0.1, 0.15) is 33.6 Å². The van der Waals surface area contributed by atoms with E-state index in [0.29, 0.717) is 30.5 Å². The van der Waals surface area contributed by atoms with Gasteiger partial charge in [0.1, 0.15) is 16.5 Å². The van der Waals surface area contributed by atoms with Gasteiger partial charge in [-0.25, -0.2) is 14.3 Å². The van der Waals surface area contributed by atoms with E-state index >= 15 is 0 Å². The van der Waals surface area contributed by atoms with Gasteiger partial charge >= 0.3 is 6.09 Å². The summed E-state index contributed by atoms with van der Waals surface area (Å²) in [5.74, 6) is 0. The van der Waals surface area contributed by atoms with Crippen LogP contribution in [0.15, 0.2) is 21.9 Å². The molecular weight excluding hydrogens is 406 g/mol. The number of amides is 1. The molecular formula is C16H22BrN5O4. The van der Waals surface area contributed by atoms with Gasteiger partial charge in [0.25, 0.3) is 5.56 Å². The summed E-state index contributed by atoms with van der Waals surface area (Å²) in [6, 6.07) is 0. The number of likely N-dealkylation sites (tertiary alicyclic amines) is 1. The Morgan fingerprint density at radius 1 is 1.38 bits per heavy atom. The predicted octanol–water partition coefficient (Wildman–Crippen LogP) is 1.42. The van der Waals surface area contributed by atoms with E-state index in [2.05, 4.69) is 26.0 Å². The van der Waals surface area contributed by atoms with Crippen LogP contribution in [-0.2, 0) is 11.3 Å². The highest BCUT2D eigenvalue weighted by molar-refractivity contribution is 9.10. The average molecular weight is 428 g/mol. The highest BCUT2D eigenvalue weighted by atomic mass is 79.9. The lowest BCUT2D eigenvalue weighted by Crippen LogP contribution is -2.50. The average Bonchev–Trinajstić information content (AvgIpc) is 2.91. The first-order chi connectivity index (χ1) is 12.1. The molecule has 9 nitrogen and oxygen atoms in total. The van der Waals surface area contributed by atoms with Crippen LogP contribution in [0.2, 0.25) is 0 Å². The van der Waals surface area contributed by atoms with E-state index in [0.717, 1.165) is 0 Å². The number of rotatable bonds is 2. The van der Waals surface area contributed by atoms with Crippen molar-refractivity contribution in [2.45, 2.75) is 51.4 Å². The summed E-state index contributed by atoms with van der Waals surface area (Å²) in [5, 5.41) is 15.0. The smallest absolute Gasteiger partial charge is 0.410 e. The summed E-state index contributed by atoms with van der Waals surface area (Å²) >= 11 is 3.27. The molecule has 1 N–H and O–H groups in total. The van der Waals surface area contributed by atoms with Crippen LogP contribution in [0.25, 0.3) is 5.65 Å². The van der Waals surface area contributed by atoms with E-state index in [4.69, 9.17) is 4.74 Å². The van der Waals surface area contributed by atoms with Crippen LogP contribution in [-0.4, -0.2) is 59.6 Å². The van der Waals surface area contributed by atoms with Crippen molar-refractivity contribution in [2.24, 2.45) is 0 Å². The molecule has 3 heterocycles. The van der Waals surface area contributed by atoms with E-state index in [1.54, 1.807) is 4.90 Å². The fourth-order valence-electron chi connectivity index (χ4n) is 2.90. The first kappa shape index (κ1) is 18.8. The van der Waals surface area contributed by atoms with Gasteiger partial charge in [-0.3, -0.25) is 9.36 Å². The number of aromatic nitrogens is 4. The minimum Gasteiger partial charge on any atom is -0.444 e. The minimum absolute atomic E-state index is 0.0992. The third-order valence-corrected chi connectivity index (χ3v) is 4.81. The van der Waals surface area contributed by atoms with Gasteiger partial charge in [-0.05, 0) is 49.5 Å². The molecule has 0 saturated carbocycles. The Kier molecular flexibility index (Phi) is 4.82. The maximum atomic E-state index is 12.5. The van der Waals surface area contributed by atoms with Crippen LogP contribution < -0.4 is 5.56 Å². The molecule has 10 heteroatoms. The van der Waals surface area contributed by atoms with Gasteiger partial charge in [0.2, 0.25) is 5.65 Å². The molecule has 0 bridgehead atoms. The molecule has 0 unspecified atom stereocenters. The number of hydrogen-bond acceptors (Lipinski definition) is 6. The molecule has 0 aromatic carbocycles. The van der Waals surface area contributed by atoms with Gasteiger partial charge in [-0.2, -0.15) is 5.10 Å². The number of ether oxygens (including phenoxy) is 1. The predicted molar refractivity (Wildman–Crippen MR) is 96.9 cm³/mol. The number of aliphatic hydroxyl groups is 1. The number of carbonyl (C=O) groups excluding carboxylic acids is 1. The standard InChI is InChI=1S/C16H22BrN5O4/c1-15(2,3)26-14(24)20-6-4-16(25,5-7-20)9-21-10-19-22-11(17)8-18-12(22)13(21)23/h8,10,25H,4-7,9H2,1-3H3. The molecule has 1 amide bonds. The van der Waals surface area contributed by atoms with Crippen LogP contribution in [0.3, 0.4) is 0 Å². The zero-order valence-corrected chi connectivity index (χ0v) is 16.6. The Bertz CT molecular complexity index is 877. The van der Waals surface area contributed by atoms with Crippen LogP contribution >= 0.6 is 15.9 Å². The molecule has 1 aliphatic heterocycles. The minimum atomic E-state index is -1.09. The van der Waals surface area contributed by atoms with Gasteiger partial charge in [-0.1, -0.05) is 0 Å². The lowest BCUT2D eigenvalue weighted by atomic mass is 9.91. The lowest BCUT2D eigenvalue weighted by Gasteiger charge is -2.38. The third-order valence-electron chi connectivity index (χ3n) is 4.27. The zero-order chi connectivity index (χ0) is 19.1. The second kappa shape index (κ2) is 6.66. The SMILES string of the molecule is CC(C)(C)OC(=O)N1CCC(O)(Cn2cnn3c(Br)cnc3c2=O)CC1. The number of nitrogens with zero attached hydrogens (tertiary/aromatic N) is 5. The van der Waals surface area contributed by atoms with E-state index in [9.17, 15) is 14.7 Å². The maximum absolute atomic E-state index is 12.5. The summed E-state index contributed by atoms with van der Waals surface area (Å²) in [6.45, 7) is 6.27. The summed E-state index contributed by atoms with van der Waals surface area (Å²) < 4.78 is 8.70.